The Labute approximate surface area is 128 Å². The predicted octanol–water partition coefficient (Wildman–Crippen LogP) is 3.09. The second kappa shape index (κ2) is 7.65. The lowest BCUT2D eigenvalue weighted by atomic mass is 9.86. The van der Waals surface area contributed by atoms with Crippen LogP contribution in [-0.4, -0.2) is 18.0 Å². The van der Waals surface area contributed by atoms with Crippen molar-refractivity contribution in [1.29, 1.82) is 0 Å². The van der Waals surface area contributed by atoms with Gasteiger partial charge in [-0.05, 0) is 17.9 Å². The largest absolute Gasteiger partial charge is 0.352 e. The molecule has 0 fully saturated rings. The fourth-order valence-corrected chi connectivity index (χ4v) is 1.88. The van der Waals surface area contributed by atoms with Crippen LogP contribution in [0.3, 0.4) is 0 Å². The highest BCUT2D eigenvalue weighted by Gasteiger charge is 2.29. The average Bonchev–Trinajstić information content (AvgIpc) is 2.36. The number of hydrogen-bond donors (Lipinski definition) is 2. The number of halogens is 1. The number of benzene rings is 1. The molecule has 0 saturated carbocycles. The smallest absolute Gasteiger partial charge is 0.237 e. The molecule has 0 bridgehead atoms. The number of nitrogens with two attached hydrogens (primary N) is 1. The van der Waals surface area contributed by atoms with E-state index in [2.05, 4.69) is 24.4 Å². The van der Waals surface area contributed by atoms with Crippen LogP contribution in [0.2, 0.25) is 0 Å². The molecule has 4 heteroatoms. The molecule has 1 rings (SSSR count). The van der Waals surface area contributed by atoms with Crippen molar-refractivity contribution >= 4 is 18.3 Å². The van der Waals surface area contributed by atoms with Gasteiger partial charge in [-0.2, -0.15) is 0 Å². The SMILES string of the molecule is CC(NC(=O)[C@@H](N)C(C)(C)C)C(C)c1ccccc1.Cl. The van der Waals surface area contributed by atoms with Crippen LogP contribution in [0.25, 0.3) is 0 Å². The molecule has 1 amide bonds. The van der Waals surface area contributed by atoms with E-state index in [0.29, 0.717) is 0 Å². The highest BCUT2D eigenvalue weighted by Crippen LogP contribution is 2.20. The van der Waals surface area contributed by atoms with Gasteiger partial charge in [-0.3, -0.25) is 4.79 Å². The van der Waals surface area contributed by atoms with Crippen molar-refractivity contribution in [3.8, 4) is 0 Å². The monoisotopic (exact) mass is 298 g/mol. The Morgan fingerprint density at radius 3 is 2.10 bits per heavy atom. The molecule has 1 aromatic carbocycles. The van der Waals surface area contributed by atoms with Gasteiger partial charge in [0.15, 0.2) is 0 Å². The van der Waals surface area contributed by atoms with Crippen LogP contribution >= 0.6 is 12.4 Å². The number of carbonyl (C=O) groups excluding carboxylic acids is 1. The fourth-order valence-electron chi connectivity index (χ4n) is 1.88. The Kier molecular flexibility index (Phi) is 7.25. The molecule has 3 N–H and O–H groups in total. The Bertz CT molecular complexity index is 414. The topological polar surface area (TPSA) is 55.1 Å². The third kappa shape index (κ3) is 5.14. The lowest BCUT2D eigenvalue weighted by Crippen LogP contribution is -2.51. The van der Waals surface area contributed by atoms with E-state index in [1.807, 2.05) is 45.9 Å². The maximum absolute atomic E-state index is 12.1. The van der Waals surface area contributed by atoms with Crippen molar-refractivity contribution in [3.63, 3.8) is 0 Å². The molecule has 0 aliphatic carbocycles. The molecular weight excluding hydrogens is 272 g/mol. The summed E-state index contributed by atoms with van der Waals surface area (Å²) in [5, 5.41) is 3.02. The van der Waals surface area contributed by atoms with E-state index in [1.165, 1.54) is 5.56 Å². The first-order valence-electron chi connectivity index (χ1n) is 6.84. The minimum atomic E-state index is -0.488. The van der Waals surface area contributed by atoms with Crippen LogP contribution in [0.15, 0.2) is 30.3 Å². The molecule has 0 aromatic heterocycles. The molecule has 0 aliphatic heterocycles. The summed E-state index contributed by atoms with van der Waals surface area (Å²) >= 11 is 0. The van der Waals surface area contributed by atoms with Crippen molar-refractivity contribution in [2.24, 2.45) is 11.1 Å². The van der Waals surface area contributed by atoms with Crippen molar-refractivity contribution in [1.82, 2.24) is 5.32 Å². The summed E-state index contributed by atoms with van der Waals surface area (Å²) in [6, 6.07) is 9.76. The normalized spacial score (nSPS) is 15.7. The van der Waals surface area contributed by atoms with E-state index in [0.717, 1.165) is 0 Å². The van der Waals surface area contributed by atoms with Gasteiger partial charge in [0.2, 0.25) is 5.91 Å². The zero-order chi connectivity index (χ0) is 14.6. The first-order chi connectivity index (χ1) is 8.73. The van der Waals surface area contributed by atoms with Crippen molar-refractivity contribution in [2.45, 2.75) is 52.6 Å². The van der Waals surface area contributed by atoms with Gasteiger partial charge >= 0.3 is 0 Å². The highest BCUT2D eigenvalue weighted by atomic mass is 35.5. The zero-order valence-electron chi connectivity index (χ0n) is 13.0. The third-order valence-electron chi connectivity index (χ3n) is 3.66. The van der Waals surface area contributed by atoms with Gasteiger partial charge in [0, 0.05) is 12.0 Å². The van der Waals surface area contributed by atoms with Crippen LogP contribution in [0, 0.1) is 5.41 Å². The Morgan fingerprint density at radius 1 is 1.15 bits per heavy atom. The molecule has 0 radical (unpaired) electrons. The van der Waals surface area contributed by atoms with E-state index in [-0.39, 0.29) is 35.7 Å². The summed E-state index contributed by atoms with van der Waals surface area (Å²) < 4.78 is 0. The van der Waals surface area contributed by atoms with Gasteiger partial charge in [0.05, 0.1) is 6.04 Å². The molecule has 0 aliphatic rings. The van der Waals surface area contributed by atoms with Crippen molar-refractivity contribution in [3.05, 3.63) is 35.9 Å². The maximum atomic E-state index is 12.1. The number of hydrogen-bond acceptors (Lipinski definition) is 2. The maximum Gasteiger partial charge on any atom is 0.237 e. The molecule has 2 unspecified atom stereocenters. The van der Waals surface area contributed by atoms with Gasteiger partial charge in [-0.1, -0.05) is 58.0 Å². The van der Waals surface area contributed by atoms with Gasteiger partial charge in [0.25, 0.3) is 0 Å². The second-order valence-electron chi connectivity index (χ2n) is 6.34. The van der Waals surface area contributed by atoms with E-state index >= 15 is 0 Å². The summed E-state index contributed by atoms with van der Waals surface area (Å²) in [6.07, 6.45) is 0. The molecule has 0 spiro atoms. The summed E-state index contributed by atoms with van der Waals surface area (Å²) in [5.74, 6) is 0.181. The zero-order valence-corrected chi connectivity index (χ0v) is 13.8. The van der Waals surface area contributed by atoms with E-state index in [9.17, 15) is 4.79 Å². The molecule has 0 saturated heterocycles. The van der Waals surface area contributed by atoms with Crippen LogP contribution < -0.4 is 11.1 Å². The molecule has 114 valence electrons. The lowest BCUT2D eigenvalue weighted by molar-refractivity contribution is -0.125. The summed E-state index contributed by atoms with van der Waals surface area (Å²) in [4.78, 5) is 12.1. The van der Waals surface area contributed by atoms with Gasteiger partial charge in [-0.25, -0.2) is 0 Å². The number of amides is 1. The van der Waals surface area contributed by atoms with Crippen LogP contribution in [-0.2, 0) is 4.79 Å². The van der Waals surface area contributed by atoms with Gasteiger partial charge in [-0.15, -0.1) is 12.4 Å². The van der Waals surface area contributed by atoms with Crippen LogP contribution in [0.5, 0.6) is 0 Å². The number of carbonyl (C=O) groups is 1. The van der Waals surface area contributed by atoms with E-state index < -0.39 is 6.04 Å². The first-order valence-corrected chi connectivity index (χ1v) is 6.84. The van der Waals surface area contributed by atoms with Gasteiger partial charge < -0.3 is 11.1 Å². The van der Waals surface area contributed by atoms with E-state index in [4.69, 9.17) is 5.73 Å². The van der Waals surface area contributed by atoms with Gasteiger partial charge in [0.1, 0.15) is 0 Å². The lowest BCUT2D eigenvalue weighted by Gasteiger charge is -2.29. The summed E-state index contributed by atoms with van der Waals surface area (Å²) in [5.41, 5.74) is 6.97. The van der Waals surface area contributed by atoms with E-state index in [1.54, 1.807) is 0 Å². The molecule has 0 heterocycles. The fraction of sp³-hybridized carbons (Fsp3) is 0.562. The number of nitrogens with one attached hydrogen (secondary N) is 1. The molecule has 3 nitrogen and oxygen atoms in total. The van der Waals surface area contributed by atoms with Crippen LogP contribution in [0.4, 0.5) is 0 Å². The Balaban J connectivity index is 0.00000361. The Morgan fingerprint density at radius 2 is 1.65 bits per heavy atom. The summed E-state index contributed by atoms with van der Waals surface area (Å²) in [6.45, 7) is 10.1. The summed E-state index contributed by atoms with van der Waals surface area (Å²) in [7, 11) is 0. The molecule has 20 heavy (non-hydrogen) atoms. The quantitative estimate of drug-likeness (QED) is 0.897. The minimum absolute atomic E-state index is 0. The average molecular weight is 299 g/mol. The Hall–Kier alpha value is -1.06. The minimum Gasteiger partial charge on any atom is -0.352 e. The predicted molar refractivity (Wildman–Crippen MR) is 87.1 cm³/mol. The molecular formula is C16H27ClN2O. The van der Waals surface area contributed by atoms with Crippen molar-refractivity contribution < 1.29 is 4.79 Å². The highest BCUT2D eigenvalue weighted by molar-refractivity contribution is 5.85. The number of rotatable bonds is 4. The second-order valence-corrected chi connectivity index (χ2v) is 6.34. The first kappa shape index (κ1) is 18.9. The van der Waals surface area contributed by atoms with Crippen LogP contribution in [0.1, 0.15) is 46.1 Å². The van der Waals surface area contributed by atoms with Crippen molar-refractivity contribution in [2.75, 3.05) is 0 Å². The third-order valence-corrected chi connectivity index (χ3v) is 3.66. The standard InChI is InChI=1S/C16H26N2O.ClH/c1-11(13-9-7-6-8-10-13)12(2)18-15(19)14(17)16(3,4)5;/h6-12,14H,17H2,1-5H3,(H,18,19);1H/t11?,12?,14-;/m1./s1. The molecule has 3 atom stereocenters. The molecule has 1 aromatic rings.